The number of H-pyrrole nitrogens is 1. The van der Waals surface area contributed by atoms with E-state index in [0.29, 0.717) is 27.3 Å². The Morgan fingerprint density at radius 1 is 1.19 bits per heavy atom. The van der Waals surface area contributed by atoms with Crippen molar-refractivity contribution in [1.29, 1.82) is 0 Å². The number of halogens is 2. The summed E-state index contributed by atoms with van der Waals surface area (Å²) in [5.41, 5.74) is 5.80. The molecule has 3 nitrogen and oxygen atoms in total. The van der Waals surface area contributed by atoms with Gasteiger partial charge in [0, 0.05) is 10.5 Å². The highest BCUT2D eigenvalue weighted by Crippen LogP contribution is 2.42. The van der Waals surface area contributed by atoms with E-state index in [-0.39, 0.29) is 12.5 Å². The molecule has 0 spiro atoms. The van der Waals surface area contributed by atoms with Crippen LogP contribution in [0.3, 0.4) is 0 Å². The van der Waals surface area contributed by atoms with Gasteiger partial charge < -0.3 is 10.1 Å². The number of imidazole rings is 1. The first-order chi connectivity index (χ1) is 15.4. The molecule has 0 amide bonds. The summed E-state index contributed by atoms with van der Waals surface area (Å²) in [5, 5.41) is 11.3. The molecule has 0 saturated carbocycles. The van der Waals surface area contributed by atoms with Gasteiger partial charge in [0.05, 0.1) is 28.1 Å². The lowest BCUT2D eigenvalue weighted by Gasteiger charge is -2.21. The van der Waals surface area contributed by atoms with Crippen LogP contribution >= 0.6 is 35.0 Å². The number of rotatable bonds is 7. The Morgan fingerprint density at radius 3 is 2.59 bits per heavy atom. The maximum absolute atomic E-state index is 10.2. The minimum Gasteiger partial charge on any atom is -0.395 e. The number of hydrogen-bond acceptors (Lipinski definition) is 3. The standard InChI is InChI=1S/C26H28Cl2N2OS/c1-4-32-17-11-9-16(10-12-17)20(14-31)26-29-22-13-21(27)23(24(28)25(22)30-26)19-8-6-5-7-18(19)15(2)3/h6,8-13,15,20,31H,4-5,7,14H2,1-3H3,(H,29,30). The normalized spacial score (nSPS) is 15.2. The predicted molar refractivity (Wildman–Crippen MR) is 138 cm³/mol. The topological polar surface area (TPSA) is 48.9 Å². The second kappa shape index (κ2) is 10.0. The molecule has 32 heavy (non-hydrogen) atoms. The SMILES string of the molecule is CCSc1ccc(C(CO)c2nc3c(Cl)c(C4=C(C(C)C)CCC=C4)c(Cl)cc3[nH]2)cc1. The van der Waals surface area contributed by atoms with Crippen molar-refractivity contribution < 1.29 is 5.11 Å². The molecule has 168 valence electrons. The van der Waals surface area contributed by atoms with Gasteiger partial charge in [-0.2, -0.15) is 0 Å². The van der Waals surface area contributed by atoms with Crippen molar-refractivity contribution in [3.05, 3.63) is 75.1 Å². The summed E-state index contributed by atoms with van der Waals surface area (Å²) in [5.74, 6) is 1.87. The van der Waals surface area contributed by atoms with E-state index in [0.717, 1.165) is 40.8 Å². The predicted octanol–water partition coefficient (Wildman–Crippen LogP) is 7.87. The van der Waals surface area contributed by atoms with Gasteiger partial charge in [-0.1, -0.05) is 73.8 Å². The molecule has 6 heteroatoms. The smallest absolute Gasteiger partial charge is 0.117 e. The average molecular weight is 487 g/mol. The van der Waals surface area contributed by atoms with Crippen molar-refractivity contribution >= 4 is 51.6 Å². The van der Waals surface area contributed by atoms with Crippen LogP contribution in [0.5, 0.6) is 0 Å². The second-order valence-electron chi connectivity index (χ2n) is 8.34. The van der Waals surface area contributed by atoms with Crippen LogP contribution in [0, 0.1) is 5.92 Å². The highest BCUT2D eigenvalue weighted by molar-refractivity contribution is 7.99. The van der Waals surface area contributed by atoms with E-state index in [1.807, 2.05) is 6.07 Å². The first-order valence-electron chi connectivity index (χ1n) is 11.1. The summed E-state index contributed by atoms with van der Waals surface area (Å²) in [7, 11) is 0. The van der Waals surface area contributed by atoms with E-state index >= 15 is 0 Å². The minimum atomic E-state index is -0.263. The molecule has 1 atom stereocenters. The van der Waals surface area contributed by atoms with Gasteiger partial charge in [0.1, 0.15) is 11.3 Å². The lowest BCUT2D eigenvalue weighted by Crippen LogP contribution is -2.07. The third kappa shape index (κ3) is 4.51. The number of aromatic nitrogens is 2. The molecule has 0 aliphatic heterocycles. The lowest BCUT2D eigenvalue weighted by molar-refractivity contribution is 0.277. The Morgan fingerprint density at radius 2 is 1.94 bits per heavy atom. The van der Waals surface area contributed by atoms with Crippen molar-refractivity contribution in [3.8, 4) is 0 Å². The molecule has 1 aliphatic rings. The molecule has 0 bridgehead atoms. The van der Waals surface area contributed by atoms with Gasteiger partial charge in [-0.25, -0.2) is 4.98 Å². The summed E-state index contributed by atoms with van der Waals surface area (Å²) in [4.78, 5) is 9.39. The molecule has 1 unspecified atom stereocenters. The number of hydrogen-bond donors (Lipinski definition) is 2. The number of aromatic amines is 1. The minimum absolute atomic E-state index is 0.0519. The second-order valence-corrected chi connectivity index (χ2v) is 10.5. The Kier molecular flexibility index (Phi) is 7.36. The van der Waals surface area contributed by atoms with E-state index in [4.69, 9.17) is 28.2 Å². The van der Waals surface area contributed by atoms with Gasteiger partial charge in [0.2, 0.25) is 0 Å². The number of fused-ring (bicyclic) bond motifs is 1. The molecule has 2 N–H and O–H groups in total. The summed E-state index contributed by atoms with van der Waals surface area (Å²) in [6, 6.07) is 10.2. The molecule has 1 aliphatic carbocycles. The molecule has 1 aromatic heterocycles. The highest BCUT2D eigenvalue weighted by Gasteiger charge is 2.24. The third-order valence-corrected chi connectivity index (χ3v) is 7.53. The zero-order valence-electron chi connectivity index (χ0n) is 18.6. The van der Waals surface area contributed by atoms with Crippen LogP contribution in [0.2, 0.25) is 10.0 Å². The number of thioether (sulfide) groups is 1. The maximum Gasteiger partial charge on any atom is 0.117 e. The van der Waals surface area contributed by atoms with Crippen LogP contribution in [-0.4, -0.2) is 27.4 Å². The van der Waals surface area contributed by atoms with E-state index in [1.54, 1.807) is 11.8 Å². The van der Waals surface area contributed by atoms with E-state index in [2.05, 4.69) is 62.2 Å². The van der Waals surface area contributed by atoms with Crippen LogP contribution in [0.4, 0.5) is 0 Å². The van der Waals surface area contributed by atoms with Crippen molar-refractivity contribution in [2.45, 2.75) is 44.4 Å². The van der Waals surface area contributed by atoms with Crippen molar-refractivity contribution in [2.75, 3.05) is 12.4 Å². The van der Waals surface area contributed by atoms with Gasteiger partial charge in [-0.3, -0.25) is 0 Å². The van der Waals surface area contributed by atoms with E-state index in [1.165, 1.54) is 10.5 Å². The summed E-state index contributed by atoms with van der Waals surface area (Å²) in [6.45, 7) is 6.49. The maximum atomic E-state index is 10.2. The zero-order chi connectivity index (χ0) is 22.8. The van der Waals surface area contributed by atoms with Crippen molar-refractivity contribution in [3.63, 3.8) is 0 Å². The molecular formula is C26H28Cl2N2OS. The Hall–Kier alpha value is -1.72. The Bertz CT molecular complexity index is 1180. The van der Waals surface area contributed by atoms with Crippen LogP contribution < -0.4 is 0 Å². The van der Waals surface area contributed by atoms with Gasteiger partial charge in [0.15, 0.2) is 0 Å². The van der Waals surface area contributed by atoms with Gasteiger partial charge in [-0.15, -0.1) is 11.8 Å². The molecule has 4 rings (SSSR count). The summed E-state index contributed by atoms with van der Waals surface area (Å²) in [6.07, 6.45) is 6.36. The monoisotopic (exact) mass is 486 g/mol. The molecule has 0 fully saturated rings. The van der Waals surface area contributed by atoms with Crippen molar-refractivity contribution in [2.24, 2.45) is 5.92 Å². The number of nitrogens with zero attached hydrogens (tertiary/aromatic N) is 1. The van der Waals surface area contributed by atoms with Crippen LogP contribution in [0.15, 0.2) is 53.0 Å². The first-order valence-corrected chi connectivity index (χ1v) is 12.8. The molecule has 0 saturated heterocycles. The van der Waals surface area contributed by atoms with E-state index < -0.39 is 0 Å². The Labute approximate surface area is 203 Å². The molecule has 1 heterocycles. The average Bonchev–Trinajstić information content (AvgIpc) is 3.19. The van der Waals surface area contributed by atoms with Gasteiger partial charge >= 0.3 is 0 Å². The van der Waals surface area contributed by atoms with Crippen LogP contribution in [0.1, 0.15) is 56.5 Å². The first kappa shape index (κ1) is 23.4. The molecular weight excluding hydrogens is 459 g/mol. The van der Waals surface area contributed by atoms with Gasteiger partial charge in [-0.05, 0) is 53.8 Å². The lowest BCUT2D eigenvalue weighted by atomic mass is 9.86. The van der Waals surface area contributed by atoms with Crippen LogP contribution in [-0.2, 0) is 0 Å². The molecule has 2 aromatic carbocycles. The van der Waals surface area contributed by atoms with E-state index in [9.17, 15) is 5.11 Å². The fourth-order valence-electron chi connectivity index (χ4n) is 4.35. The Balaban J connectivity index is 1.79. The third-order valence-electron chi connectivity index (χ3n) is 5.97. The summed E-state index contributed by atoms with van der Waals surface area (Å²) >= 11 is 15.5. The number of aliphatic hydroxyl groups is 1. The van der Waals surface area contributed by atoms with Crippen LogP contribution in [0.25, 0.3) is 16.6 Å². The van der Waals surface area contributed by atoms with Crippen molar-refractivity contribution in [1.82, 2.24) is 9.97 Å². The largest absolute Gasteiger partial charge is 0.395 e. The fraction of sp³-hybridized carbons (Fsp3) is 0.346. The number of nitrogens with one attached hydrogen (secondary N) is 1. The number of allylic oxidation sites excluding steroid dienone is 4. The number of benzene rings is 2. The van der Waals surface area contributed by atoms with Gasteiger partial charge in [0.25, 0.3) is 0 Å². The number of aliphatic hydroxyl groups excluding tert-OH is 1. The fourth-order valence-corrected chi connectivity index (χ4v) is 5.71. The molecule has 0 radical (unpaired) electrons. The molecule has 3 aromatic rings. The highest BCUT2D eigenvalue weighted by atomic mass is 35.5. The summed E-state index contributed by atoms with van der Waals surface area (Å²) < 4.78 is 0. The quantitative estimate of drug-likeness (QED) is 0.334. The zero-order valence-corrected chi connectivity index (χ0v) is 20.9.